The van der Waals surface area contributed by atoms with Gasteiger partial charge in [0.15, 0.2) is 5.54 Å². The molecule has 1 aromatic heterocycles. The minimum atomic E-state index is -4.64. The number of halogens is 5. The number of nitrogens with zero attached hydrogens (tertiary/aromatic N) is 3. The van der Waals surface area contributed by atoms with Gasteiger partial charge in [-0.05, 0) is 24.6 Å². The molecule has 1 atom stereocenters. The topological polar surface area (TPSA) is 30.7 Å². The molecule has 0 N–H and O–H groups in total. The summed E-state index contributed by atoms with van der Waals surface area (Å²) in [4.78, 5) is 3.53. The Hall–Kier alpha value is -1.27. The number of alkyl halides is 3. The third-order valence-corrected chi connectivity index (χ3v) is 3.47. The van der Waals surface area contributed by atoms with Gasteiger partial charge in [0.25, 0.3) is 0 Å². The van der Waals surface area contributed by atoms with Crippen LogP contribution in [0, 0.1) is 0 Å². The molecule has 102 valence electrons. The number of aromatic nitrogens is 3. The molecule has 1 unspecified atom stereocenters. The first-order chi connectivity index (χ1) is 8.78. The fourth-order valence-corrected chi connectivity index (χ4v) is 2.35. The van der Waals surface area contributed by atoms with Gasteiger partial charge in [-0.1, -0.05) is 29.8 Å². The average molecular weight is 310 g/mol. The highest BCUT2D eigenvalue weighted by Crippen LogP contribution is 2.45. The number of benzene rings is 1. The van der Waals surface area contributed by atoms with Crippen LogP contribution in [-0.4, -0.2) is 20.9 Å². The summed E-state index contributed by atoms with van der Waals surface area (Å²) in [6.07, 6.45) is -3.68. The molecule has 0 radical (unpaired) electrons. The first-order valence-corrected chi connectivity index (χ1v) is 5.92. The monoisotopic (exact) mass is 309 g/mol. The maximum absolute atomic E-state index is 13.5. The molecule has 1 heterocycles. The first-order valence-electron chi connectivity index (χ1n) is 5.16. The Morgan fingerprint density at radius 3 is 2.26 bits per heavy atom. The van der Waals surface area contributed by atoms with Gasteiger partial charge in [-0.25, -0.2) is 9.67 Å². The van der Waals surface area contributed by atoms with Crippen LogP contribution >= 0.6 is 23.2 Å². The molecule has 8 heteroatoms. The summed E-state index contributed by atoms with van der Waals surface area (Å²) in [5, 5.41) is 3.19. The molecular formula is C11H8Cl2F3N3. The van der Waals surface area contributed by atoms with Crippen LogP contribution in [-0.2, 0) is 5.54 Å². The second-order valence-corrected chi connectivity index (χ2v) is 4.74. The molecule has 19 heavy (non-hydrogen) atoms. The fourth-order valence-electron chi connectivity index (χ4n) is 1.77. The number of rotatable bonds is 2. The van der Waals surface area contributed by atoms with Crippen molar-refractivity contribution in [3.63, 3.8) is 0 Å². The second-order valence-electron chi connectivity index (χ2n) is 3.99. The van der Waals surface area contributed by atoms with Crippen LogP contribution in [0.1, 0.15) is 12.5 Å². The van der Waals surface area contributed by atoms with E-state index < -0.39 is 11.7 Å². The summed E-state index contributed by atoms with van der Waals surface area (Å²) in [5.74, 6) is 0. The van der Waals surface area contributed by atoms with Gasteiger partial charge in [-0.15, -0.1) is 0 Å². The van der Waals surface area contributed by atoms with Crippen molar-refractivity contribution < 1.29 is 13.2 Å². The van der Waals surface area contributed by atoms with Crippen LogP contribution in [0.2, 0.25) is 10.3 Å². The van der Waals surface area contributed by atoms with Crippen molar-refractivity contribution in [3.8, 4) is 0 Å². The molecule has 0 fully saturated rings. The Bertz CT molecular complexity index is 597. The molecule has 2 aromatic rings. The van der Waals surface area contributed by atoms with E-state index in [1.54, 1.807) is 6.07 Å². The molecule has 0 saturated carbocycles. The maximum Gasteiger partial charge on any atom is 0.417 e. The lowest BCUT2D eigenvalue weighted by Crippen LogP contribution is -2.47. The number of hydrogen-bond donors (Lipinski definition) is 0. The van der Waals surface area contributed by atoms with Gasteiger partial charge in [0.1, 0.15) is 6.33 Å². The van der Waals surface area contributed by atoms with Gasteiger partial charge >= 0.3 is 6.18 Å². The summed E-state index contributed by atoms with van der Waals surface area (Å²) in [7, 11) is 0. The van der Waals surface area contributed by atoms with Gasteiger partial charge in [0, 0.05) is 10.6 Å². The Balaban J connectivity index is 2.74. The van der Waals surface area contributed by atoms with E-state index in [1.807, 2.05) is 0 Å². The van der Waals surface area contributed by atoms with Crippen molar-refractivity contribution in [1.82, 2.24) is 14.8 Å². The van der Waals surface area contributed by atoms with E-state index >= 15 is 0 Å². The van der Waals surface area contributed by atoms with Crippen LogP contribution in [0.15, 0.2) is 30.6 Å². The van der Waals surface area contributed by atoms with Gasteiger partial charge in [-0.3, -0.25) is 0 Å². The van der Waals surface area contributed by atoms with Crippen LogP contribution in [0.3, 0.4) is 0 Å². The zero-order chi connectivity index (χ0) is 14.3. The second kappa shape index (κ2) is 4.68. The lowest BCUT2D eigenvalue weighted by Gasteiger charge is -2.33. The molecule has 0 aliphatic heterocycles. The van der Waals surface area contributed by atoms with Gasteiger partial charge in [-0.2, -0.15) is 18.3 Å². The Morgan fingerprint density at radius 1 is 1.16 bits per heavy atom. The highest BCUT2D eigenvalue weighted by Gasteiger charge is 2.56. The summed E-state index contributed by atoms with van der Waals surface area (Å²) in [6.45, 7) is 0.953. The van der Waals surface area contributed by atoms with Crippen LogP contribution < -0.4 is 0 Å². The van der Waals surface area contributed by atoms with E-state index in [0.717, 1.165) is 13.3 Å². The number of hydrogen-bond acceptors (Lipinski definition) is 2. The average Bonchev–Trinajstić information content (AvgIpc) is 2.74. The maximum atomic E-state index is 13.5. The normalized spacial score (nSPS) is 15.3. The molecule has 3 nitrogen and oxygen atoms in total. The van der Waals surface area contributed by atoms with E-state index in [2.05, 4.69) is 10.1 Å². The predicted octanol–water partition coefficient (Wildman–Crippen LogP) is 3.91. The van der Waals surface area contributed by atoms with Crippen molar-refractivity contribution >= 4 is 23.2 Å². The van der Waals surface area contributed by atoms with Crippen molar-refractivity contribution in [1.29, 1.82) is 0 Å². The molecule has 0 bridgehead atoms. The molecular weight excluding hydrogens is 302 g/mol. The largest absolute Gasteiger partial charge is 0.417 e. The molecule has 2 rings (SSSR count). The van der Waals surface area contributed by atoms with Gasteiger partial charge in [0.05, 0.1) is 0 Å². The van der Waals surface area contributed by atoms with E-state index in [4.69, 9.17) is 23.2 Å². The van der Waals surface area contributed by atoms with Crippen LogP contribution in [0.5, 0.6) is 0 Å². The van der Waals surface area contributed by atoms with Crippen molar-refractivity contribution in [2.45, 2.75) is 18.6 Å². The molecule has 0 aliphatic rings. The van der Waals surface area contributed by atoms with E-state index in [-0.39, 0.29) is 15.9 Å². The fraction of sp³-hybridized carbons (Fsp3) is 0.273. The van der Waals surface area contributed by atoms with E-state index in [1.165, 1.54) is 18.2 Å². The lowest BCUT2D eigenvalue weighted by atomic mass is 9.91. The van der Waals surface area contributed by atoms with Gasteiger partial charge in [0.2, 0.25) is 5.28 Å². The zero-order valence-electron chi connectivity index (χ0n) is 9.62. The summed E-state index contributed by atoms with van der Waals surface area (Å²) in [5.41, 5.74) is -2.63. The third-order valence-electron chi connectivity index (χ3n) is 2.88. The zero-order valence-corrected chi connectivity index (χ0v) is 11.1. The summed E-state index contributed by atoms with van der Waals surface area (Å²) >= 11 is 11.6. The molecule has 0 aliphatic carbocycles. The summed E-state index contributed by atoms with van der Waals surface area (Å²) < 4.78 is 41.1. The first kappa shape index (κ1) is 14.1. The molecule has 0 amide bonds. The minimum Gasteiger partial charge on any atom is -0.217 e. The smallest absolute Gasteiger partial charge is 0.217 e. The van der Waals surface area contributed by atoms with Crippen molar-refractivity contribution in [2.24, 2.45) is 0 Å². The summed E-state index contributed by atoms with van der Waals surface area (Å²) in [6, 6.07) is 5.68. The highest BCUT2D eigenvalue weighted by atomic mass is 35.5. The van der Waals surface area contributed by atoms with E-state index in [9.17, 15) is 13.2 Å². The quantitative estimate of drug-likeness (QED) is 0.842. The van der Waals surface area contributed by atoms with Gasteiger partial charge < -0.3 is 0 Å². The Morgan fingerprint density at radius 2 is 1.79 bits per heavy atom. The molecule has 0 spiro atoms. The lowest BCUT2D eigenvalue weighted by molar-refractivity contribution is -0.197. The van der Waals surface area contributed by atoms with Crippen molar-refractivity contribution in [2.75, 3.05) is 0 Å². The predicted molar refractivity (Wildman–Crippen MR) is 65.3 cm³/mol. The molecule has 1 aromatic carbocycles. The Labute approximate surface area is 117 Å². The van der Waals surface area contributed by atoms with Crippen molar-refractivity contribution in [3.05, 3.63) is 46.5 Å². The SMILES string of the molecule is CC(c1ccccc1Cl)(n1ncnc1Cl)C(F)(F)F. The standard InChI is InChI=1S/C11H8Cl2F3N3/c1-10(11(14,15)16,19-9(13)17-6-18-19)7-4-2-3-5-8(7)12/h2-6H,1H3. The Kier molecular flexibility index (Phi) is 3.49. The van der Waals surface area contributed by atoms with E-state index in [0.29, 0.717) is 4.68 Å². The highest BCUT2D eigenvalue weighted by molar-refractivity contribution is 6.31. The van der Waals surface area contributed by atoms with Crippen LogP contribution in [0.4, 0.5) is 13.2 Å². The van der Waals surface area contributed by atoms with Crippen LogP contribution in [0.25, 0.3) is 0 Å². The molecule has 0 saturated heterocycles. The third kappa shape index (κ3) is 2.19. The minimum absolute atomic E-state index is 0.0195.